The number of benzene rings is 2. The number of hydrogen-bond donors (Lipinski definition) is 2. The summed E-state index contributed by atoms with van der Waals surface area (Å²) in [4.78, 5) is 24.0. The third-order valence-corrected chi connectivity index (χ3v) is 6.10. The molecular weight excluding hydrogens is 430 g/mol. The van der Waals surface area contributed by atoms with Gasteiger partial charge in [-0.15, -0.1) is 0 Å². The van der Waals surface area contributed by atoms with Crippen LogP contribution >= 0.6 is 0 Å². The molecule has 2 aliphatic rings. The van der Waals surface area contributed by atoms with Crippen molar-refractivity contribution in [2.24, 2.45) is 0 Å². The van der Waals surface area contributed by atoms with Gasteiger partial charge in [0, 0.05) is 50.5 Å². The van der Waals surface area contributed by atoms with Gasteiger partial charge in [-0.05, 0) is 42.7 Å². The Morgan fingerprint density at radius 2 is 1.94 bits per heavy atom. The van der Waals surface area contributed by atoms with E-state index in [4.69, 9.17) is 18.9 Å². The molecule has 0 atom stereocenters. The SMILES string of the molecule is COCCNc1ccc(C(=O)NCC2(c3ccc4c(c3)OCO4)CCOCC2)cc1[N+](=O)[O-]. The molecule has 0 radical (unpaired) electrons. The molecule has 0 aliphatic carbocycles. The first-order valence-corrected chi connectivity index (χ1v) is 10.8. The molecule has 2 aliphatic heterocycles. The monoisotopic (exact) mass is 457 g/mol. The number of anilines is 1. The van der Waals surface area contributed by atoms with Crippen molar-refractivity contribution >= 4 is 17.3 Å². The molecule has 10 nitrogen and oxygen atoms in total. The van der Waals surface area contributed by atoms with E-state index in [1.54, 1.807) is 19.2 Å². The number of fused-ring (bicyclic) bond motifs is 1. The van der Waals surface area contributed by atoms with Crippen molar-refractivity contribution < 1.29 is 28.7 Å². The van der Waals surface area contributed by atoms with Gasteiger partial charge in [-0.2, -0.15) is 0 Å². The number of nitrogens with zero attached hydrogens (tertiary/aromatic N) is 1. The van der Waals surface area contributed by atoms with E-state index in [1.807, 2.05) is 18.2 Å². The van der Waals surface area contributed by atoms with E-state index in [1.165, 1.54) is 6.07 Å². The summed E-state index contributed by atoms with van der Waals surface area (Å²) in [7, 11) is 1.55. The molecule has 2 heterocycles. The minimum absolute atomic E-state index is 0.157. The summed E-state index contributed by atoms with van der Waals surface area (Å²) in [6.07, 6.45) is 1.46. The fraction of sp³-hybridized carbons (Fsp3) is 0.435. The van der Waals surface area contributed by atoms with Crippen LogP contribution in [0.3, 0.4) is 0 Å². The molecule has 0 bridgehead atoms. The maximum absolute atomic E-state index is 12.9. The van der Waals surface area contributed by atoms with Crippen LogP contribution < -0.4 is 20.1 Å². The zero-order valence-electron chi connectivity index (χ0n) is 18.4. The van der Waals surface area contributed by atoms with E-state index in [9.17, 15) is 14.9 Å². The summed E-state index contributed by atoms with van der Waals surface area (Å²) in [5, 5.41) is 17.5. The molecule has 0 unspecified atom stereocenters. The van der Waals surface area contributed by atoms with Crippen molar-refractivity contribution in [1.29, 1.82) is 0 Å². The summed E-state index contributed by atoms with van der Waals surface area (Å²) in [5.41, 5.74) is 1.12. The molecule has 176 valence electrons. The molecule has 2 aromatic rings. The van der Waals surface area contributed by atoms with E-state index in [0.717, 1.165) is 18.4 Å². The van der Waals surface area contributed by atoms with E-state index < -0.39 is 4.92 Å². The van der Waals surface area contributed by atoms with Gasteiger partial charge in [0.05, 0.1) is 11.5 Å². The maximum atomic E-state index is 12.9. The third kappa shape index (κ3) is 5.01. The van der Waals surface area contributed by atoms with Crippen LogP contribution in [0.4, 0.5) is 11.4 Å². The number of nitro benzene ring substituents is 1. The first-order chi connectivity index (χ1) is 16.0. The van der Waals surface area contributed by atoms with Crippen LogP contribution in [-0.4, -0.2) is 57.6 Å². The van der Waals surface area contributed by atoms with Crippen LogP contribution in [0.1, 0.15) is 28.8 Å². The van der Waals surface area contributed by atoms with Crippen molar-refractivity contribution in [2.75, 3.05) is 52.1 Å². The minimum atomic E-state index is -0.501. The Morgan fingerprint density at radius 3 is 2.70 bits per heavy atom. The average Bonchev–Trinajstić information content (AvgIpc) is 3.31. The molecule has 1 saturated heterocycles. The van der Waals surface area contributed by atoms with Gasteiger partial charge in [-0.1, -0.05) is 6.07 Å². The molecule has 0 spiro atoms. The Labute approximate surface area is 191 Å². The third-order valence-electron chi connectivity index (χ3n) is 6.10. The number of methoxy groups -OCH3 is 1. The molecule has 1 fully saturated rings. The molecule has 1 amide bonds. The van der Waals surface area contributed by atoms with Crippen LogP contribution in [0.15, 0.2) is 36.4 Å². The van der Waals surface area contributed by atoms with Crippen LogP contribution in [0, 0.1) is 10.1 Å². The highest BCUT2D eigenvalue weighted by molar-refractivity contribution is 5.95. The van der Waals surface area contributed by atoms with Gasteiger partial charge in [0.25, 0.3) is 11.6 Å². The maximum Gasteiger partial charge on any atom is 0.293 e. The van der Waals surface area contributed by atoms with E-state index in [0.29, 0.717) is 50.1 Å². The second-order valence-corrected chi connectivity index (χ2v) is 8.05. The molecule has 0 saturated carbocycles. The molecule has 33 heavy (non-hydrogen) atoms. The van der Waals surface area contributed by atoms with Crippen molar-refractivity contribution in [3.8, 4) is 11.5 Å². The number of rotatable bonds is 9. The Kier molecular flexibility index (Phi) is 6.95. The van der Waals surface area contributed by atoms with Crippen molar-refractivity contribution in [3.05, 3.63) is 57.6 Å². The van der Waals surface area contributed by atoms with Gasteiger partial charge in [0.2, 0.25) is 6.79 Å². The highest BCUT2D eigenvalue weighted by atomic mass is 16.7. The zero-order valence-corrected chi connectivity index (χ0v) is 18.4. The van der Waals surface area contributed by atoms with Gasteiger partial charge < -0.3 is 29.6 Å². The first-order valence-electron chi connectivity index (χ1n) is 10.8. The molecular formula is C23H27N3O7. The smallest absolute Gasteiger partial charge is 0.293 e. The van der Waals surface area contributed by atoms with Crippen molar-refractivity contribution in [2.45, 2.75) is 18.3 Å². The van der Waals surface area contributed by atoms with Gasteiger partial charge in [-0.25, -0.2) is 0 Å². The number of ether oxygens (including phenoxy) is 4. The topological polar surface area (TPSA) is 121 Å². The summed E-state index contributed by atoms with van der Waals surface area (Å²) in [6.45, 7) is 2.56. The number of hydrogen-bond acceptors (Lipinski definition) is 8. The largest absolute Gasteiger partial charge is 0.454 e. The van der Waals surface area contributed by atoms with E-state index in [-0.39, 0.29) is 29.4 Å². The lowest BCUT2D eigenvalue weighted by atomic mass is 9.74. The fourth-order valence-electron chi connectivity index (χ4n) is 4.17. The Balaban J connectivity index is 1.51. The summed E-state index contributed by atoms with van der Waals surface area (Å²) >= 11 is 0. The zero-order chi connectivity index (χ0) is 23.3. The number of nitrogens with one attached hydrogen (secondary N) is 2. The Hall–Kier alpha value is -3.37. The van der Waals surface area contributed by atoms with Crippen molar-refractivity contribution in [1.82, 2.24) is 5.32 Å². The predicted octanol–water partition coefficient (Wildman–Crippen LogP) is 2.86. The standard InChI is InChI=1S/C23H27N3O7/c1-30-11-8-24-18-4-2-16(12-19(18)26(28)29)22(27)25-14-23(6-9-31-10-7-23)17-3-5-20-21(13-17)33-15-32-20/h2-5,12-13,24H,6-11,14-15H2,1H3,(H,25,27). The molecule has 10 heteroatoms. The minimum Gasteiger partial charge on any atom is -0.454 e. The summed E-state index contributed by atoms with van der Waals surface area (Å²) in [6, 6.07) is 10.3. The molecule has 2 N–H and O–H groups in total. The Bertz CT molecular complexity index is 1020. The van der Waals surface area contributed by atoms with Crippen LogP contribution in [0.5, 0.6) is 11.5 Å². The normalized spacial score (nSPS) is 16.3. The van der Waals surface area contributed by atoms with Crippen LogP contribution in [0.2, 0.25) is 0 Å². The second-order valence-electron chi connectivity index (χ2n) is 8.05. The van der Waals surface area contributed by atoms with Gasteiger partial charge in [0.15, 0.2) is 11.5 Å². The molecule has 4 rings (SSSR count). The predicted molar refractivity (Wildman–Crippen MR) is 120 cm³/mol. The lowest BCUT2D eigenvalue weighted by molar-refractivity contribution is -0.384. The van der Waals surface area contributed by atoms with E-state index in [2.05, 4.69) is 10.6 Å². The molecule has 2 aromatic carbocycles. The van der Waals surface area contributed by atoms with Gasteiger partial charge in [0.1, 0.15) is 5.69 Å². The number of nitro groups is 1. The van der Waals surface area contributed by atoms with Crippen LogP contribution in [-0.2, 0) is 14.9 Å². The number of amides is 1. The lowest BCUT2D eigenvalue weighted by Gasteiger charge is -2.38. The average molecular weight is 457 g/mol. The summed E-state index contributed by atoms with van der Waals surface area (Å²) in [5.74, 6) is 1.03. The van der Waals surface area contributed by atoms with Gasteiger partial charge >= 0.3 is 0 Å². The van der Waals surface area contributed by atoms with Crippen molar-refractivity contribution in [3.63, 3.8) is 0 Å². The lowest BCUT2D eigenvalue weighted by Crippen LogP contribution is -2.44. The van der Waals surface area contributed by atoms with Gasteiger partial charge in [-0.3, -0.25) is 14.9 Å². The number of carbonyl (C=O) groups excluding carboxylic acids is 1. The summed E-state index contributed by atoms with van der Waals surface area (Å²) < 4.78 is 21.5. The first kappa shape index (κ1) is 22.8. The Morgan fingerprint density at radius 1 is 1.15 bits per heavy atom. The second kappa shape index (κ2) is 10.1. The van der Waals surface area contributed by atoms with E-state index >= 15 is 0 Å². The highest BCUT2D eigenvalue weighted by Gasteiger charge is 2.36. The van der Waals surface area contributed by atoms with Crippen LogP contribution in [0.25, 0.3) is 0 Å². The quantitative estimate of drug-likeness (QED) is 0.335. The number of carbonyl (C=O) groups is 1. The highest BCUT2D eigenvalue weighted by Crippen LogP contribution is 2.40. The molecule has 0 aromatic heterocycles. The fourth-order valence-corrected chi connectivity index (χ4v) is 4.17.